The molecule has 0 amide bonds. The van der Waals surface area contributed by atoms with Crippen molar-refractivity contribution in [1.82, 2.24) is 4.67 Å². The molecule has 3 heteroatoms. The maximum Gasteiger partial charge on any atom is 0.0577 e. The Kier molecular flexibility index (Phi) is 6.36. The van der Waals surface area contributed by atoms with E-state index < -0.39 is 7.49 Å². The van der Waals surface area contributed by atoms with Gasteiger partial charge in [-0.05, 0) is 59.7 Å². The van der Waals surface area contributed by atoms with Crippen molar-refractivity contribution in [3.05, 3.63) is 0 Å². The van der Waals surface area contributed by atoms with Crippen molar-refractivity contribution in [3.63, 3.8) is 0 Å². The van der Waals surface area contributed by atoms with Gasteiger partial charge in [0.2, 0.25) is 0 Å². The van der Waals surface area contributed by atoms with Gasteiger partial charge in [0.1, 0.15) is 0 Å². The van der Waals surface area contributed by atoms with Gasteiger partial charge in [-0.3, -0.25) is 4.74 Å². The molecule has 1 unspecified atom stereocenters. The minimum atomic E-state index is -0.546. The van der Waals surface area contributed by atoms with Crippen molar-refractivity contribution in [2.45, 2.75) is 86.9 Å². The van der Waals surface area contributed by atoms with Crippen LogP contribution in [0.15, 0.2) is 4.74 Å². The summed E-state index contributed by atoms with van der Waals surface area (Å²) in [6, 6.07) is 1.06. The lowest BCUT2D eigenvalue weighted by Crippen LogP contribution is -2.30. The van der Waals surface area contributed by atoms with E-state index in [1.54, 1.807) is 0 Å². The van der Waals surface area contributed by atoms with Gasteiger partial charge in [0.25, 0.3) is 0 Å². The van der Waals surface area contributed by atoms with E-state index in [0.717, 1.165) is 0 Å². The first-order chi connectivity index (χ1) is 7.83. The summed E-state index contributed by atoms with van der Waals surface area (Å²) in [6.45, 7) is 22.4. The average Bonchev–Trinajstić information content (AvgIpc) is 1.93. The molecular formula is C15H33N2P. The molecule has 0 rings (SSSR count). The Balaban J connectivity index is 5.77. The van der Waals surface area contributed by atoms with Crippen molar-refractivity contribution in [2.75, 3.05) is 0 Å². The Morgan fingerprint density at radius 1 is 0.889 bits per heavy atom. The van der Waals surface area contributed by atoms with Crippen LogP contribution in [0.5, 0.6) is 0 Å². The minimum Gasteiger partial charge on any atom is -0.253 e. The smallest absolute Gasteiger partial charge is 0.0577 e. The summed E-state index contributed by atoms with van der Waals surface area (Å²) in [5.41, 5.74) is 0.234. The molecule has 0 aliphatic carbocycles. The molecule has 0 aromatic heterocycles. The predicted octanol–water partition coefficient (Wildman–Crippen LogP) is 5.33. The van der Waals surface area contributed by atoms with Crippen molar-refractivity contribution in [1.29, 1.82) is 0 Å². The molecule has 0 spiro atoms. The summed E-state index contributed by atoms with van der Waals surface area (Å²) in [6.07, 6.45) is 0. The van der Waals surface area contributed by atoms with Crippen LogP contribution >= 0.6 is 7.49 Å². The molecule has 0 aliphatic rings. The van der Waals surface area contributed by atoms with E-state index in [-0.39, 0.29) is 11.0 Å². The Hall–Kier alpha value is -0.0700. The second kappa shape index (κ2) is 6.39. The molecule has 0 heterocycles. The molecule has 0 radical (unpaired) electrons. The summed E-state index contributed by atoms with van der Waals surface area (Å²) in [4.78, 5) is 0. The first-order valence-electron chi connectivity index (χ1n) is 7.00. The van der Waals surface area contributed by atoms with Crippen LogP contribution in [0.3, 0.4) is 0 Å². The summed E-state index contributed by atoms with van der Waals surface area (Å²) in [7, 11) is -0.546. The second-order valence-electron chi connectivity index (χ2n) is 7.65. The number of hydrogen-bond donors (Lipinski definition) is 0. The molecule has 0 saturated heterocycles. The van der Waals surface area contributed by atoms with Gasteiger partial charge in [-0.15, -0.1) is 0 Å². The Bertz CT molecular complexity index is 304. The summed E-state index contributed by atoms with van der Waals surface area (Å²) < 4.78 is 7.62. The highest BCUT2D eigenvalue weighted by Crippen LogP contribution is 2.32. The van der Waals surface area contributed by atoms with Crippen LogP contribution in [-0.2, 0) is 0 Å². The Morgan fingerprint density at radius 2 is 1.28 bits per heavy atom. The summed E-state index contributed by atoms with van der Waals surface area (Å²) in [5, 5.41) is 0. The molecule has 0 N–H and O–H groups in total. The van der Waals surface area contributed by atoms with Crippen molar-refractivity contribution in [3.8, 4) is 0 Å². The zero-order valence-electron chi connectivity index (χ0n) is 14.1. The van der Waals surface area contributed by atoms with Crippen LogP contribution in [0.2, 0.25) is 0 Å². The molecule has 18 heavy (non-hydrogen) atoms. The van der Waals surface area contributed by atoms with Crippen LogP contribution in [0.25, 0.3) is 0 Å². The molecule has 0 aromatic rings. The van der Waals surface area contributed by atoms with Gasteiger partial charge < -0.3 is 0 Å². The number of nitrogens with zero attached hydrogens (tertiary/aromatic N) is 2. The second-order valence-corrected chi connectivity index (χ2v) is 9.21. The molecule has 0 aromatic carbocycles. The van der Waals surface area contributed by atoms with Gasteiger partial charge in [-0.2, -0.15) is 0 Å². The highest BCUT2D eigenvalue weighted by Gasteiger charge is 2.19. The number of hydrogen-bond acceptors (Lipinski definition) is 1. The molecule has 1 atom stereocenters. The zero-order chi connectivity index (χ0) is 14.7. The molecule has 0 bridgehead atoms. The highest BCUT2D eigenvalue weighted by atomic mass is 31.1. The van der Waals surface area contributed by atoms with Gasteiger partial charge in [-0.25, -0.2) is 4.67 Å². The van der Waals surface area contributed by atoms with Gasteiger partial charge >= 0.3 is 0 Å². The van der Waals surface area contributed by atoms with Crippen LogP contribution in [0, 0.1) is 5.41 Å². The fourth-order valence-electron chi connectivity index (χ4n) is 1.87. The van der Waals surface area contributed by atoms with E-state index in [2.05, 4.69) is 79.7 Å². The third kappa shape index (κ3) is 7.38. The van der Waals surface area contributed by atoms with Gasteiger partial charge in [-0.1, -0.05) is 20.8 Å². The van der Waals surface area contributed by atoms with Gasteiger partial charge in [0.15, 0.2) is 0 Å². The third-order valence-electron chi connectivity index (χ3n) is 2.20. The van der Waals surface area contributed by atoms with Crippen molar-refractivity contribution in [2.24, 2.45) is 10.2 Å². The van der Waals surface area contributed by atoms with Crippen LogP contribution in [-0.4, -0.2) is 28.1 Å². The summed E-state index contributed by atoms with van der Waals surface area (Å²) in [5.74, 6) is 2.44. The van der Waals surface area contributed by atoms with E-state index >= 15 is 0 Å². The first kappa shape index (κ1) is 17.9. The Labute approximate surface area is 115 Å². The monoisotopic (exact) mass is 272 g/mol. The maximum absolute atomic E-state index is 5.07. The van der Waals surface area contributed by atoms with Crippen LogP contribution < -0.4 is 0 Å². The van der Waals surface area contributed by atoms with Crippen molar-refractivity contribution >= 4 is 13.3 Å². The fraction of sp³-hybridized carbons (Fsp3) is 0.933. The lowest BCUT2D eigenvalue weighted by atomic mass is 10.0. The lowest BCUT2D eigenvalue weighted by Gasteiger charge is -2.31. The minimum absolute atomic E-state index is 0.0233. The third-order valence-corrected chi connectivity index (χ3v) is 5.41. The predicted molar refractivity (Wildman–Crippen MR) is 86.7 cm³/mol. The molecular weight excluding hydrogens is 239 g/mol. The quantitative estimate of drug-likeness (QED) is 0.634. The molecule has 2 nitrogen and oxygen atoms in total. The van der Waals surface area contributed by atoms with E-state index in [9.17, 15) is 0 Å². The lowest BCUT2D eigenvalue weighted by molar-refractivity contribution is 0.328. The average molecular weight is 272 g/mol. The maximum atomic E-state index is 5.07. The molecule has 0 aliphatic heterocycles. The SMILES string of the molecule is CC(C)N(C(C)C)/P(=C\C(C)(C)C)=NC(C)(C)C. The molecule has 0 saturated carbocycles. The first-order valence-corrected chi connectivity index (χ1v) is 8.31. The van der Waals surface area contributed by atoms with Crippen LogP contribution in [0.4, 0.5) is 0 Å². The summed E-state index contributed by atoms with van der Waals surface area (Å²) >= 11 is 0. The van der Waals surface area contributed by atoms with Gasteiger partial charge in [0.05, 0.1) is 5.54 Å². The van der Waals surface area contributed by atoms with Crippen LogP contribution in [0.1, 0.15) is 69.2 Å². The highest BCUT2D eigenvalue weighted by molar-refractivity contribution is 7.45. The normalized spacial score (nSPS) is 15.3. The largest absolute Gasteiger partial charge is 0.253 e. The van der Waals surface area contributed by atoms with E-state index in [1.807, 2.05) is 0 Å². The van der Waals surface area contributed by atoms with Gasteiger partial charge in [0, 0.05) is 19.6 Å². The fourth-order valence-corrected chi connectivity index (χ4v) is 4.42. The standard InChI is InChI=1S/C15H33N2P/c1-12(2)17(13(3)4)18(11-14(5,6)7)16-15(8,9)10/h11-13H,1-10H3. The molecule has 108 valence electrons. The molecule has 0 fully saturated rings. The van der Waals surface area contributed by atoms with E-state index in [4.69, 9.17) is 4.74 Å². The zero-order valence-corrected chi connectivity index (χ0v) is 15.0. The van der Waals surface area contributed by atoms with Crippen molar-refractivity contribution < 1.29 is 0 Å². The van der Waals surface area contributed by atoms with E-state index in [1.165, 1.54) is 0 Å². The topological polar surface area (TPSA) is 15.6 Å². The number of rotatable bonds is 3. The van der Waals surface area contributed by atoms with E-state index in [0.29, 0.717) is 12.1 Å². The Morgan fingerprint density at radius 3 is 1.50 bits per heavy atom.